The summed E-state index contributed by atoms with van der Waals surface area (Å²) >= 11 is 0. The lowest BCUT2D eigenvalue weighted by molar-refractivity contribution is -0.135. The first-order chi connectivity index (χ1) is 19.3. The Kier molecular flexibility index (Phi) is 10.9. The number of rotatable bonds is 11. The summed E-state index contributed by atoms with van der Waals surface area (Å²) in [5.74, 6) is 6.52. The Morgan fingerprint density at radius 1 is 1.20 bits per heavy atom. The highest BCUT2D eigenvalue weighted by molar-refractivity contribution is 5.92. The molecule has 0 saturated heterocycles. The van der Waals surface area contributed by atoms with Crippen molar-refractivity contribution < 1.29 is 9.59 Å². The molecule has 3 rings (SSSR count). The van der Waals surface area contributed by atoms with E-state index in [4.69, 9.17) is 5.26 Å². The molecule has 2 heterocycles. The first kappa shape index (κ1) is 29.5. The third-order valence-corrected chi connectivity index (χ3v) is 5.71. The van der Waals surface area contributed by atoms with E-state index in [2.05, 4.69) is 48.6 Å². The number of unbranched alkanes of at least 4 members (excludes halogenated alkanes) is 1. The van der Waals surface area contributed by atoms with Gasteiger partial charge in [-0.05, 0) is 51.7 Å². The van der Waals surface area contributed by atoms with Crippen molar-refractivity contribution in [1.82, 2.24) is 39.8 Å². The van der Waals surface area contributed by atoms with Gasteiger partial charge >= 0.3 is 0 Å². The number of aromatic nitrogens is 5. The predicted octanol–water partition coefficient (Wildman–Crippen LogP) is 1.89. The molecular formula is C28H32N10O2. The van der Waals surface area contributed by atoms with Crippen molar-refractivity contribution in [2.75, 3.05) is 39.5 Å². The fourth-order valence-corrected chi connectivity index (χ4v) is 3.31. The van der Waals surface area contributed by atoms with Crippen LogP contribution in [-0.4, -0.2) is 86.6 Å². The number of hydrogen-bond donors (Lipinski definition) is 2. The molecule has 1 aromatic carbocycles. The summed E-state index contributed by atoms with van der Waals surface area (Å²) in [6.45, 7) is 2.77. The second-order valence-electron chi connectivity index (χ2n) is 9.07. The van der Waals surface area contributed by atoms with Gasteiger partial charge in [-0.15, -0.1) is 0 Å². The maximum atomic E-state index is 12.5. The lowest BCUT2D eigenvalue weighted by atomic mass is 10.2. The Hall–Kier alpha value is -5.07. The average Bonchev–Trinajstić information content (AvgIpc) is 3.49. The van der Waals surface area contributed by atoms with E-state index in [1.807, 2.05) is 19.0 Å². The van der Waals surface area contributed by atoms with Gasteiger partial charge in [0.25, 0.3) is 0 Å². The Labute approximate surface area is 233 Å². The molecule has 206 valence electrons. The summed E-state index contributed by atoms with van der Waals surface area (Å²) in [4.78, 5) is 41.0. The van der Waals surface area contributed by atoms with Crippen LogP contribution in [0.1, 0.15) is 30.9 Å². The summed E-state index contributed by atoms with van der Waals surface area (Å²) in [5, 5.41) is 19.1. The van der Waals surface area contributed by atoms with Crippen LogP contribution in [0.2, 0.25) is 0 Å². The molecule has 0 saturated carbocycles. The maximum Gasteiger partial charge on any atom is 0.246 e. The maximum absolute atomic E-state index is 12.5. The Morgan fingerprint density at radius 3 is 2.65 bits per heavy atom. The lowest BCUT2D eigenvalue weighted by Crippen LogP contribution is -2.45. The van der Waals surface area contributed by atoms with Crippen molar-refractivity contribution in [3.8, 4) is 23.7 Å². The van der Waals surface area contributed by atoms with Gasteiger partial charge in [0, 0.05) is 38.3 Å². The first-order valence-corrected chi connectivity index (χ1v) is 12.6. The van der Waals surface area contributed by atoms with E-state index in [-0.39, 0.29) is 11.8 Å². The summed E-state index contributed by atoms with van der Waals surface area (Å²) < 4.78 is 1.50. The Bertz CT molecular complexity index is 1410. The van der Waals surface area contributed by atoms with Crippen molar-refractivity contribution in [3.05, 3.63) is 66.4 Å². The number of nitrogens with one attached hydrogen (secondary N) is 2. The zero-order valence-electron chi connectivity index (χ0n) is 23.0. The van der Waals surface area contributed by atoms with Crippen molar-refractivity contribution in [2.24, 2.45) is 0 Å². The zero-order valence-corrected chi connectivity index (χ0v) is 23.0. The van der Waals surface area contributed by atoms with E-state index in [1.54, 1.807) is 50.5 Å². The number of nitriles is 1. The molecule has 2 aromatic heterocycles. The molecule has 12 heteroatoms. The molecule has 1 atom stereocenters. The van der Waals surface area contributed by atoms with Gasteiger partial charge in [0.1, 0.15) is 18.7 Å². The molecular weight excluding hydrogens is 508 g/mol. The molecule has 0 aliphatic carbocycles. The molecule has 2 N–H and O–H groups in total. The van der Waals surface area contributed by atoms with Crippen LogP contribution >= 0.6 is 0 Å². The van der Waals surface area contributed by atoms with Crippen LogP contribution in [-0.2, 0) is 9.59 Å². The zero-order chi connectivity index (χ0) is 28.9. The van der Waals surface area contributed by atoms with Crippen LogP contribution < -0.4 is 10.6 Å². The summed E-state index contributed by atoms with van der Waals surface area (Å²) in [6, 6.07) is 8.42. The molecule has 0 aliphatic rings. The van der Waals surface area contributed by atoms with E-state index in [1.165, 1.54) is 28.3 Å². The predicted molar refractivity (Wildman–Crippen MR) is 150 cm³/mol. The van der Waals surface area contributed by atoms with Gasteiger partial charge in [-0.2, -0.15) is 15.3 Å². The highest BCUT2D eigenvalue weighted by atomic mass is 16.2. The van der Waals surface area contributed by atoms with Gasteiger partial charge in [0.15, 0.2) is 5.82 Å². The van der Waals surface area contributed by atoms with Crippen LogP contribution in [0.4, 0.5) is 11.6 Å². The van der Waals surface area contributed by atoms with Crippen molar-refractivity contribution >= 4 is 23.5 Å². The number of hydrogen-bond acceptors (Lipinski definition) is 9. The largest absolute Gasteiger partial charge is 0.354 e. The van der Waals surface area contributed by atoms with E-state index >= 15 is 0 Å². The Balaban J connectivity index is 1.55. The van der Waals surface area contributed by atoms with E-state index in [0.717, 1.165) is 5.69 Å². The number of carbonyl (C=O) groups excluding carboxylic acids is 2. The van der Waals surface area contributed by atoms with Crippen LogP contribution in [0.3, 0.4) is 0 Å². The third kappa shape index (κ3) is 8.75. The van der Waals surface area contributed by atoms with E-state index in [0.29, 0.717) is 48.8 Å². The molecule has 0 spiro atoms. The molecule has 0 aliphatic heterocycles. The summed E-state index contributed by atoms with van der Waals surface area (Å²) in [5.41, 5.74) is 1.85. The highest BCUT2D eigenvalue weighted by Gasteiger charge is 2.20. The SMILES string of the molecule is C[C@@H](C(=O)NCCCC#Cc1cnc(Nc2ccc(C#N)cc2)nc1-n1cncn1)N(C)C(=O)/C=C/CN(C)C. The second-order valence-corrected chi connectivity index (χ2v) is 9.07. The number of amides is 2. The van der Waals surface area contributed by atoms with Crippen LogP contribution in [0, 0.1) is 23.2 Å². The molecule has 2 amide bonds. The van der Waals surface area contributed by atoms with Gasteiger partial charge in [-0.1, -0.05) is 17.9 Å². The number of likely N-dealkylation sites (N-methyl/N-ethyl adjacent to an activating group) is 2. The quantitative estimate of drug-likeness (QED) is 0.212. The minimum atomic E-state index is -0.596. The molecule has 0 unspecified atom stereocenters. The monoisotopic (exact) mass is 540 g/mol. The first-order valence-electron chi connectivity index (χ1n) is 12.6. The average molecular weight is 541 g/mol. The van der Waals surface area contributed by atoms with Gasteiger partial charge in [-0.3, -0.25) is 9.59 Å². The third-order valence-electron chi connectivity index (χ3n) is 5.71. The normalized spacial score (nSPS) is 11.4. The van der Waals surface area contributed by atoms with Crippen molar-refractivity contribution in [2.45, 2.75) is 25.8 Å². The standard InChI is InChI=1S/C28H32N10O2/c1-21(37(4)25(39)10-8-16-36(2)3)27(40)31-15-7-5-6-9-23-18-32-28(35-26(23)38-20-30-19-33-38)34-24-13-11-22(17-29)12-14-24/h8,10-14,18-21H,5,7,15-16H2,1-4H3,(H,31,40)(H,32,34,35)/b10-8+/t21-/m0/s1. The smallest absolute Gasteiger partial charge is 0.246 e. The van der Waals surface area contributed by atoms with Crippen LogP contribution in [0.5, 0.6) is 0 Å². The fraction of sp³-hybridized carbons (Fsp3) is 0.321. The molecule has 12 nitrogen and oxygen atoms in total. The number of carbonyl (C=O) groups is 2. The van der Waals surface area contributed by atoms with E-state index < -0.39 is 6.04 Å². The van der Waals surface area contributed by atoms with Gasteiger partial charge in [-0.25, -0.2) is 14.6 Å². The minimum absolute atomic E-state index is 0.223. The summed E-state index contributed by atoms with van der Waals surface area (Å²) in [6.07, 6.45) is 8.93. The topological polar surface area (TPSA) is 145 Å². The van der Waals surface area contributed by atoms with Crippen LogP contribution in [0.15, 0.2) is 55.3 Å². The molecule has 0 bridgehead atoms. The van der Waals surface area contributed by atoms with Gasteiger partial charge in [0.2, 0.25) is 17.8 Å². The van der Waals surface area contributed by atoms with Gasteiger partial charge in [0.05, 0.1) is 23.4 Å². The molecule has 0 radical (unpaired) electrons. The van der Waals surface area contributed by atoms with Crippen LogP contribution in [0.25, 0.3) is 5.82 Å². The fourth-order valence-electron chi connectivity index (χ4n) is 3.31. The molecule has 0 fully saturated rings. The Morgan fingerprint density at radius 2 is 1.98 bits per heavy atom. The second kappa shape index (κ2) is 14.8. The van der Waals surface area contributed by atoms with Crippen molar-refractivity contribution in [3.63, 3.8) is 0 Å². The van der Waals surface area contributed by atoms with Gasteiger partial charge < -0.3 is 20.4 Å². The molecule has 3 aromatic rings. The molecule has 40 heavy (non-hydrogen) atoms. The number of nitrogens with zero attached hydrogens (tertiary/aromatic N) is 8. The van der Waals surface area contributed by atoms with E-state index in [9.17, 15) is 9.59 Å². The number of anilines is 2. The summed E-state index contributed by atoms with van der Waals surface area (Å²) in [7, 11) is 5.44. The highest BCUT2D eigenvalue weighted by Crippen LogP contribution is 2.17. The van der Waals surface area contributed by atoms with Crippen molar-refractivity contribution in [1.29, 1.82) is 5.26 Å². The lowest BCUT2D eigenvalue weighted by Gasteiger charge is -2.23. The number of benzene rings is 1. The minimum Gasteiger partial charge on any atom is -0.354 e.